The minimum Gasteiger partial charge on any atom is -0.490 e. The highest BCUT2D eigenvalue weighted by Gasteiger charge is 2.34. The number of rotatable bonds is 8. The van der Waals surface area contributed by atoms with Crippen LogP contribution in [0.2, 0.25) is 5.02 Å². The molecular weight excluding hydrogens is 514 g/mol. The van der Waals surface area contributed by atoms with E-state index in [1.807, 2.05) is 12.1 Å². The molecule has 10 heteroatoms. The molecule has 0 saturated carbocycles. The van der Waals surface area contributed by atoms with E-state index in [1.165, 1.54) is 17.0 Å². The minimum atomic E-state index is -0.630. The Labute approximate surface area is 223 Å². The third-order valence-corrected chi connectivity index (χ3v) is 5.73. The van der Waals surface area contributed by atoms with Crippen LogP contribution in [0, 0.1) is 0 Å². The summed E-state index contributed by atoms with van der Waals surface area (Å²) in [5.74, 6) is -1.16. The van der Waals surface area contributed by atoms with Gasteiger partial charge in [-0.1, -0.05) is 48.0 Å². The number of nitrogens with one attached hydrogen (secondary N) is 2. The Hall–Kier alpha value is -4.21. The molecule has 0 radical (unpaired) electrons. The molecule has 0 aliphatic carbocycles. The van der Waals surface area contributed by atoms with Crippen molar-refractivity contribution in [3.05, 3.63) is 89.0 Å². The number of thiocarbonyl (C=S) groups is 1. The quantitative estimate of drug-likeness (QED) is 0.249. The first kappa shape index (κ1) is 25.9. The zero-order valence-electron chi connectivity index (χ0n) is 19.7. The first-order chi connectivity index (χ1) is 17.9. The van der Waals surface area contributed by atoms with Crippen molar-refractivity contribution in [2.75, 3.05) is 23.4 Å². The molecule has 1 heterocycles. The summed E-state index contributed by atoms with van der Waals surface area (Å²) in [5.41, 5.74) is 1.45. The van der Waals surface area contributed by atoms with Crippen LogP contribution in [0.4, 0.5) is 11.4 Å². The van der Waals surface area contributed by atoms with Gasteiger partial charge in [-0.05, 0) is 67.2 Å². The number of hydrogen-bond donors (Lipinski definition) is 2. The van der Waals surface area contributed by atoms with Crippen LogP contribution in [0.1, 0.15) is 12.5 Å². The van der Waals surface area contributed by atoms with Gasteiger partial charge in [0.2, 0.25) is 0 Å². The average molecular weight is 536 g/mol. The molecule has 3 amide bonds. The molecular formula is C27H22ClN3O5S. The van der Waals surface area contributed by atoms with Crippen LogP contribution in [0.3, 0.4) is 0 Å². The molecule has 2 N–H and O–H groups in total. The minimum absolute atomic E-state index is 0.0103. The lowest BCUT2D eigenvalue weighted by Crippen LogP contribution is -2.54. The molecule has 0 aromatic heterocycles. The fourth-order valence-electron chi connectivity index (χ4n) is 3.57. The molecule has 37 heavy (non-hydrogen) atoms. The topological polar surface area (TPSA) is 97.0 Å². The van der Waals surface area contributed by atoms with Gasteiger partial charge in [0.05, 0.1) is 17.3 Å². The van der Waals surface area contributed by atoms with E-state index >= 15 is 0 Å². The number of ether oxygens (including phenoxy) is 2. The number of carbonyl (C=O) groups is 3. The Balaban J connectivity index is 1.58. The average Bonchev–Trinajstić information content (AvgIpc) is 2.87. The molecule has 1 aliphatic rings. The molecule has 0 atom stereocenters. The standard InChI is InChI=1S/C27H22ClN3O5S/c1-2-35-22-15-17(14-21(28)24(22)36-16-23(32)29-18-9-5-3-6-10-18)13-20-25(33)30-27(37)31(26(20)34)19-11-7-4-8-12-19/h3-15H,2,16H2,1H3,(H,29,32)(H,30,33,37)/b20-13-. The smallest absolute Gasteiger partial charge is 0.270 e. The summed E-state index contributed by atoms with van der Waals surface area (Å²) in [6.07, 6.45) is 1.40. The summed E-state index contributed by atoms with van der Waals surface area (Å²) in [4.78, 5) is 39.4. The van der Waals surface area contributed by atoms with E-state index in [0.717, 1.165) is 0 Å². The van der Waals surface area contributed by atoms with Crippen LogP contribution >= 0.6 is 23.8 Å². The summed E-state index contributed by atoms with van der Waals surface area (Å²) in [5, 5.41) is 5.40. The number of para-hydroxylation sites is 2. The maximum atomic E-state index is 13.2. The predicted molar refractivity (Wildman–Crippen MR) is 146 cm³/mol. The monoisotopic (exact) mass is 535 g/mol. The molecule has 3 aromatic rings. The number of halogens is 1. The fraction of sp³-hybridized carbons (Fsp3) is 0.111. The summed E-state index contributed by atoms with van der Waals surface area (Å²) < 4.78 is 11.3. The Morgan fingerprint density at radius 1 is 1.05 bits per heavy atom. The second-order valence-corrected chi connectivity index (χ2v) is 8.55. The van der Waals surface area contributed by atoms with Gasteiger partial charge in [0.25, 0.3) is 17.7 Å². The number of benzene rings is 3. The van der Waals surface area contributed by atoms with Gasteiger partial charge >= 0.3 is 0 Å². The molecule has 1 saturated heterocycles. The van der Waals surface area contributed by atoms with E-state index in [-0.39, 0.29) is 39.7 Å². The van der Waals surface area contributed by atoms with Crippen LogP contribution < -0.4 is 25.0 Å². The molecule has 3 aromatic carbocycles. The van der Waals surface area contributed by atoms with Crippen molar-refractivity contribution in [3.8, 4) is 11.5 Å². The van der Waals surface area contributed by atoms with Crippen LogP contribution in [-0.4, -0.2) is 36.0 Å². The molecule has 0 unspecified atom stereocenters. The number of hydrogen-bond acceptors (Lipinski definition) is 6. The summed E-state index contributed by atoms with van der Waals surface area (Å²) in [6.45, 7) is 1.76. The largest absolute Gasteiger partial charge is 0.490 e. The Morgan fingerprint density at radius 2 is 1.73 bits per heavy atom. The maximum Gasteiger partial charge on any atom is 0.270 e. The van der Waals surface area contributed by atoms with Gasteiger partial charge in [-0.15, -0.1) is 0 Å². The summed E-state index contributed by atoms with van der Waals surface area (Å²) in [6, 6.07) is 20.8. The zero-order valence-corrected chi connectivity index (χ0v) is 21.3. The molecule has 188 valence electrons. The number of carbonyl (C=O) groups excluding carboxylic acids is 3. The second kappa shape index (κ2) is 11.7. The Morgan fingerprint density at radius 3 is 2.41 bits per heavy atom. The van der Waals surface area contributed by atoms with Crippen LogP contribution in [0.5, 0.6) is 11.5 Å². The molecule has 0 spiro atoms. The first-order valence-corrected chi connectivity index (χ1v) is 12.1. The molecule has 0 bridgehead atoms. The molecule has 1 aliphatic heterocycles. The molecule has 8 nitrogen and oxygen atoms in total. The first-order valence-electron chi connectivity index (χ1n) is 11.3. The second-order valence-electron chi connectivity index (χ2n) is 7.76. The lowest BCUT2D eigenvalue weighted by Gasteiger charge is -2.28. The number of anilines is 2. The van der Waals surface area contributed by atoms with Crippen LogP contribution in [-0.2, 0) is 14.4 Å². The third-order valence-electron chi connectivity index (χ3n) is 5.16. The highest BCUT2D eigenvalue weighted by atomic mass is 35.5. The van der Waals surface area contributed by atoms with Crippen molar-refractivity contribution in [3.63, 3.8) is 0 Å². The van der Waals surface area contributed by atoms with Gasteiger partial charge in [0.15, 0.2) is 23.2 Å². The summed E-state index contributed by atoms with van der Waals surface area (Å²) in [7, 11) is 0. The lowest BCUT2D eigenvalue weighted by atomic mass is 10.1. The van der Waals surface area contributed by atoms with E-state index in [1.54, 1.807) is 61.5 Å². The zero-order chi connectivity index (χ0) is 26.4. The van der Waals surface area contributed by atoms with E-state index in [0.29, 0.717) is 23.5 Å². The van der Waals surface area contributed by atoms with Gasteiger partial charge in [0.1, 0.15) is 5.57 Å². The van der Waals surface area contributed by atoms with Gasteiger partial charge < -0.3 is 14.8 Å². The maximum absolute atomic E-state index is 13.2. The lowest BCUT2D eigenvalue weighted by molar-refractivity contribution is -0.122. The fourth-order valence-corrected chi connectivity index (χ4v) is 4.12. The highest BCUT2D eigenvalue weighted by molar-refractivity contribution is 7.80. The van der Waals surface area contributed by atoms with Gasteiger partial charge in [-0.25, -0.2) is 0 Å². The van der Waals surface area contributed by atoms with E-state index in [2.05, 4.69) is 10.6 Å². The Bertz CT molecular complexity index is 1380. The SMILES string of the molecule is CCOc1cc(/C=C2/C(=O)NC(=S)N(c3ccccc3)C2=O)cc(Cl)c1OCC(=O)Nc1ccccc1. The van der Waals surface area contributed by atoms with Crippen LogP contribution in [0.15, 0.2) is 78.4 Å². The number of amides is 3. The van der Waals surface area contributed by atoms with Crippen molar-refractivity contribution >= 4 is 64.1 Å². The van der Waals surface area contributed by atoms with Gasteiger partial charge in [-0.3, -0.25) is 24.6 Å². The van der Waals surface area contributed by atoms with Gasteiger partial charge in [-0.2, -0.15) is 0 Å². The van der Waals surface area contributed by atoms with Crippen molar-refractivity contribution in [1.82, 2.24) is 5.32 Å². The van der Waals surface area contributed by atoms with Crippen molar-refractivity contribution < 1.29 is 23.9 Å². The summed E-state index contributed by atoms with van der Waals surface area (Å²) >= 11 is 11.7. The number of nitrogens with zero attached hydrogens (tertiary/aromatic N) is 1. The van der Waals surface area contributed by atoms with Gasteiger partial charge in [0, 0.05) is 5.69 Å². The van der Waals surface area contributed by atoms with Crippen LogP contribution in [0.25, 0.3) is 6.08 Å². The predicted octanol–water partition coefficient (Wildman–Crippen LogP) is 4.59. The molecule has 4 rings (SSSR count). The van der Waals surface area contributed by atoms with Crippen molar-refractivity contribution in [2.24, 2.45) is 0 Å². The normalized spacial score (nSPS) is 14.4. The van der Waals surface area contributed by atoms with E-state index in [4.69, 9.17) is 33.3 Å². The van der Waals surface area contributed by atoms with Crippen molar-refractivity contribution in [2.45, 2.75) is 6.92 Å². The molecule has 1 fully saturated rings. The van der Waals surface area contributed by atoms with E-state index in [9.17, 15) is 14.4 Å². The highest BCUT2D eigenvalue weighted by Crippen LogP contribution is 2.37. The van der Waals surface area contributed by atoms with Crippen molar-refractivity contribution in [1.29, 1.82) is 0 Å². The third kappa shape index (κ3) is 6.14. The Kier molecular flexibility index (Phi) is 8.17. The van der Waals surface area contributed by atoms with E-state index < -0.39 is 11.8 Å².